The lowest BCUT2D eigenvalue weighted by Gasteiger charge is -2.01. The average molecular weight is 150 g/mol. The molecule has 0 aromatic carbocycles. The monoisotopic (exact) mass is 150 g/mol. The highest BCUT2D eigenvalue weighted by Crippen LogP contribution is 2.07. The van der Waals surface area contributed by atoms with Crippen molar-refractivity contribution in [2.75, 3.05) is 0 Å². The molecule has 58 valence electrons. The van der Waals surface area contributed by atoms with Crippen LogP contribution >= 0.6 is 0 Å². The molecule has 11 heavy (non-hydrogen) atoms. The highest BCUT2D eigenvalue weighted by molar-refractivity contribution is 5.59. The second-order valence-corrected chi connectivity index (χ2v) is 2.51. The predicted octanol–water partition coefficient (Wildman–Crippen LogP) is 1.09. The Hall–Kier alpha value is -1.25. The maximum absolute atomic E-state index is 10.3. The van der Waals surface area contributed by atoms with Gasteiger partial charge in [-0.15, -0.1) is 0 Å². The standard InChI is InChI=1S/C8H10N2O/c1-6(5-11)8-4-9-3-7(2)10-8/h3-6H,1-2H3. The minimum atomic E-state index is -0.151. The molecule has 0 N–H and O–H groups in total. The molecule has 0 aliphatic heterocycles. The van der Waals surface area contributed by atoms with Gasteiger partial charge < -0.3 is 4.79 Å². The van der Waals surface area contributed by atoms with E-state index in [0.717, 1.165) is 17.7 Å². The summed E-state index contributed by atoms with van der Waals surface area (Å²) < 4.78 is 0. The maximum atomic E-state index is 10.3. The van der Waals surface area contributed by atoms with Gasteiger partial charge in [0.2, 0.25) is 0 Å². The Balaban J connectivity index is 2.95. The van der Waals surface area contributed by atoms with E-state index in [4.69, 9.17) is 0 Å². The smallest absolute Gasteiger partial charge is 0.128 e. The van der Waals surface area contributed by atoms with Crippen LogP contribution in [0, 0.1) is 6.92 Å². The van der Waals surface area contributed by atoms with Crippen molar-refractivity contribution >= 4 is 6.29 Å². The molecule has 1 aromatic heterocycles. The van der Waals surface area contributed by atoms with Gasteiger partial charge in [0.25, 0.3) is 0 Å². The maximum Gasteiger partial charge on any atom is 0.128 e. The van der Waals surface area contributed by atoms with Gasteiger partial charge in [0.1, 0.15) is 6.29 Å². The quantitative estimate of drug-likeness (QED) is 0.592. The van der Waals surface area contributed by atoms with E-state index in [1.165, 1.54) is 0 Å². The summed E-state index contributed by atoms with van der Waals surface area (Å²) in [7, 11) is 0. The van der Waals surface area contributed by atoms with Crippen LogP contribution in [0.15, 0.2) is 12.4 Å². The van der Waals surface area contributed by atoms with Crippen LogP contribution in [0.25, 0.3) is 0 Å². The molecule has 1 atom stereocenters. The average Bonchev–Trinajstić information content (AvgIpc) is 2.03. The van der Waals surface area contributed by atoms with Gasteiger partial charge in [0.15, 0.2) is 0 Å². The molecular weight excluding hydrogens is 140 g/mol. The molecule has 3 nitrogen and oxygen atoms in total. The van der Waals surface area contributed by atoms with Crippen LogP contribution < -0.4 is 0 Å². The third-order valence-electron chi connectivity index (χ3n) is 1.44. The van der Waals surface area contributed by atoms with Gasteiger partial charge >= 0.3 is 0 Å². The van der Waals surface area contributed by atoms with E-state index in [1.807, 2.05) is 6.92 Å². The van der Waals surface area contributed by atoms with Crippen LogP contribution in [-0.2, 0) is 4.79 Å². The summed E-state index contributed by atoms with van der Waals surface area (Å²) in [4.78, 5) is 18.4. The molecule has 0 amide bonds. The summed E-state index contributed by atoms with van der Waals surface area (Å²) in [6.45, 7) is 3.66. The molecule has 1 heterocycles. The molecule has 1 rings (SSSR count). The molecule has 0 saturated carbocycles. The van der Waals surface area contributed by atoms with Crippen LogP contribution in [-0.4, -0.2) is 16.3 Å². The second-order valence-electron chi connectivity index (χ2n) is 2.51. The first kappa shape index (κ1) is 7.85. The van der Waals surface area contributed by atoms with Crippen molar-refractivity contribution in [1.29, 1.82) is 0 Å². The number of aldehydes is 1. The van der Waals surface area contributed by atoms with Crippen LogP contribution in [0.3, 0.4) is 0 Å². The number of hydrogen-bond donors (Lipinski definition) is 0. The normalized spacial score (nSPS) is 12.5. The molecule has 0 saturated heterocycles. The molecule has 0 fully saturated rings. The zero-order chi connectivity index (χ0) is 8.27. The Morgan fingerprint density at radius 1 is 1.55 bits per heavy atom. The number of hydrogen-bond acceptors (Lipinski definition) is 3. The zero-order valence-electron chi connectivity index (χ0n) is 6.61. The SMILES string of the molecule is Cc1cncc(C(C)C=O)n1. The van der Waals surface area contributed by atoms with E-state index in [0.29, 0.717) is 0 Å². The van der Waals surface area contributed by atoms with Crippen molar-refractivity contribution in [3.8, 4) is 0 Å². The lowest BCUT2D eigenvalue weighted by Crippen LogP contribution is -1.99. The molecule has 3 heteroatoms. The van der Waals surface area contributed by atoms with Crippen molar-refractivity contribution in [3.63, 3.8) is 0 Å². The minimum Gasteiger partial charge on any atom is -0.303 e. The molecule has 0 aliphatic carbocycles. The molecular formula is C8H10N2O. The largest absolute Gasteiger partial charge is 0.303 e. The highest BCUT2D eigenvalue weighted by atomic mass is 16.1. The van der Waals surface area contributed by atoms with Gasteiger partial charge in [-0.3, -0.25) is 9.97 Å². The van der Waals surface area contributed by atoms with Gasteiger partial charge in [0, 0.05) is 12.4 Å². The van der Waals surface area contributed by atoms with Crippen molar-refractivity contribution < 1.29 is 4.79 Å². The summed E-state index contributed by atoms with van der Waals surface area (Å²) >= 11 is 0. The Morgan fingerprint density at radius 2 is 2.27 bits per heavy atom. The third kappa shape index (κ3) is 1.83. The first-order valence-corrected chi connectivity index (χ1v) is 3.48. The van der Waals surface area contributed by atoms with Gasteiger partial charge in [-0.05, 0) is 6.92 Å². The minimum absolute atomic E-state index is 0.151. The Morgan fingerprint density at radius 3 is 2.82 bits per heavy atom. The van der Waals surface area contributed by atoms with E-state index in [2.05, 4.69) is 9.97 Å². The number of aromatic nitrogens is 2. The first-order valence-electron chi connectivity index (χ1n) is 3.48. The number of rotatable bonds is 2. The van der Waals surface area contributed by atoms with E-state index >= 15 is 0 Å². The second kappa shape index (κ2) is 3.23. The van der Waals surface area contributed by atoms with Crippen LogP contribution in [0.5, 0.6) is 0 Å². The summed E-state index contributed by atoms with van der Waals surface area (Å²) in [6, 6.07) is 0. The first-order chi connectivity index (χ1) is 5.24. The summed E-state index contributed by atoms with van der Waals surface area (Å²) in [5.74, 6) is -0.151. The van der Waals surface area contributed by atoms with Crippen LogP contribution in [0.2, 0.25) is 0 Å². The molecule has 1 aromatic rings. The fraction of sp³-hybridized carbons (Fsp3) is 0.375. The predicted molar refractivity (Wildman–Crippen MR) is 41.2 cm³/mol. The summed E-state index contributed by atoms with van der Waals surface area (Å²) in [5, 5.41) is 0. The number of aryl methyl sites for hydroxylation is 1. The van der Waals surface area contributed by atoms with Crippen molar-refractivity contribution in [2.24, 2.45) is 0 Å². The lowest BCUT2D eigenvalue weighted by molar-refractivity contribution is -0.108. The van der Waals surface area contributed by atoms with Gasteiger partial charge in [-0.25, -0.2) is 0 Å². The van der Waals surface area contributed by atoms with Crippen molar-refractivity contribution in [2.45, 2.75) is 19.8 Å². The van der Waals surface area contributed by atoms with Crippen molar-refractivity contribution in [1.82, 2.24) is 9.97 Å². The number of carbonyl (C=O) groups excluding carboxylic acids is 1. The van der Waals surface area contributed by atoms with Gasteiger partial charge in [-0.1, -0.05) is 6.92 Å². The topological polar surface area (TPSA) is 42.9 Å². The molecule has 1 unspecified atom stereocenters. The van der Waals surface area contributed by atoms with E-state index in [-0.39, 0.29) is 5.92 Å². The highest BCUT2D eigenvalue weighted by Gasteiger charge is 2.04. The molecule has 0 radical (unpaired) electrons. The summed E-state index contributed by atoms with van der Waals surface area (Å²) in [6.07, 6.45) is 4.15. The Labute approximate surface area is 65.5 Å². The van der Waals surface area contributed by atoms with E-state index in [1.54, 1.807) is 19.3 Å². The van der Waals surface area contributed by atoms with Gasteiger partial charge in [-0.2, -0.15) is 0 Å². The molecule has 0 spiro atoms. The van der Waals surface area contributed by atoms with E-state index < -0.39 is 0 Å². The van der Waals surface area contributed by atoms with Gasteiger partial charge in [0.05, 0.1) is 17.3 Å². The lowest BCUT2D eigenvalue weighted by atomic mass is 10.1. The number of nitrogens with zero attached hydrogens (tertiary/aromatic N) is 2. The van der Waals surface area contributed by atoms with Crippen molar-refractivity contribution in [3.05, 3.63) is 23.8 Å². The van der Waals surface area contributed by atoms with E-state index in [9.17, 15) is 4.79 Å². The van der Waals surface area contributed by atoms with Crippen LogP contribution in [0.4, 0.5) is 0 Å². The Bertz CT molecular complexity index is 260. The van der Waals surface area contributed by atoms with Crippen LogP contribution in [0.1, 0.15) is 24.2 Å². The zero-order valence-corrected chi connectivity index (χ0v) is 6.61. The number of carbonyl (C=O) groups is 1. The molecule has 0 bridgehead atoms. The third-order valence-corrected chi connectivity index (χ3v) is 1.44. The summed E-state index contributed by atoms with van der Waals surface area (Å²) in [5.41, 5.74) is 1.58. The Kier molecular flexibility index (Phi) is 2.31. The fourth-order valence-electron chi connectivity index (χ4n) is 0.772. The fourth-order valence-corrected chi connectivity index (χ4v) is 0.772. The molecule has 0 aliphatic rings.